The fourth-order valence-electron chi connectivity index (χ4n) is 3.39. The van der Waals surface area contributed by atoms with Crippen LogP contribution < -0.4 is 5.32 Å². The van der Waals surface area contributed by atoms with Crippen molar-refractivity contribution in [3.05, 3.63) is 0 Å². The summed E-state index contributed by atoms with van der Waals surface area (Å²) in [6, 6.07) is -0.0531. The van der Waals surface area contributed by atoms with Crippen LogP contribution in [0.1, 0.15) is 59.8 Å². The van der Waals surface area contributed by atoms with Crippen molar-refractivity contribution >= 4 is 11.8 Å². The molecule has 4 heteroatoms. The van der Waals surface area contributed by atoms with E-state index in [2.05, 4.69) is 5.32 Å². The molecule has 0 spiro atoms. The van der Waals surface area contributed by atoms with E-state index in [0.29, 0.717) is 0 Å². The van der Waals surface area contributed by atoms with Gasteiger partial charge in [0.05, 0.1) is 0 Å². The van der Waals surface area contributed by atoms with Gasteiger partial charge in [0, 0.05) is 6.04 Å². The zero-order valence-corrected chi connectivity index (χ0v) is 12.5. The molecular weight excluding hydrogens is 240 g/mol. The third-order valence-electron chi connectivity index (χ3n) is 4.37. The SMILES string of the molecule is CC(C)C1C(=O)NC(C)(C)C(=O)N1C1CCCCC1. The van der Waals surface area contributed by atoms with Gasteiger partial charge in [0.1, 0.15) is 11.6 Å². The highest BCUT2D eigenvalue weighted by Gasteiger charge is 2.48. The number of nitrogens with one attached hydrogen (secondary N) is 1. The van der Waals surface area contributed by atoms with Gasteiger partial charge >= 0.3 is 0 Å². The zero-order valence-electron chi connectivity index (χ0n) is 12.5. The van der Waals surface area contributed by atoms with Gasteiger partial charge in [0.2, 0.25) is 11.8 Å². The molecule has 1 saturated carbocycles. The lowest BCUT2D eigenvalue weighted by Crippen LogP contribution is -2.71. The molecule has 19 heavy (non-hydrogen) atoms. The van der Waals surface area contributed by atoms with Crippen molar-refractivity contribution in [2.24, 2.45) is 5.92 Å². The molecule has 0 aromatic carbocycles. The number of nitrogens with zero attached hydrogens (tertiary/aromatic N) is 1. The van der Waals surface area contributed by atoms with Crippen LogP contribution >= 0.6 is 0 Å². The van der Waals surface area contributed by atoms with Crippen molar-refractivity contribution in [1.29, 1.82) is 0 Å². The first-order chi connectivity index (χ1) is 8.84. The molecule has 0 bridgehead atoms. The minimum atomic E-state index is -0.764. The lowest BCUT2D eigenvalue weighted by atomic mass is 9.86. The van der Waals surface area contributed by atoms with Crippen molar-refractivity contribution in [2.45, 2.75) is 77.4 Å². The highest BCUT2D eigenvalue weighted by atomic mass is 16.2. The second-order valence-electron chi connectivity index (χ2n) is 6.81. The molecule has 1 atom stereocenters. The Morgan fingerprint density at radius 1 is 1.16 bits per heavy atom. The number of hydrogen-bond acceptors (Lipinski definition) is 2. The lowest BCUT2D eigenvalue weighted by Gasteiger charge is -2.48. The number of carbonyl (C=O) groups is 2. The van der Waals surface area contributed by atoms with Gasteiger partial charge < -0.3 is 10.2 Å². The molecule has 1 N–H and O–H groups in total. The molecule has 0 aromatic heterocycles. The summed E-state index contributed by atoms with van der Waals surface area (Å²) in [4.78, 5) is 27.0. The lowest BCUT2D eigenvalue weighted by molar-refractivity contribution is -0.159. The van der Waals surface area contributed by atoms with Crippen LogP contribution in [0.3, 0.4) is 0 Å². The number of piperazine rings is 1. The van der Waals surface area contributed by atoms with Crippen molar-refractivity contribution in [3.8, 4) is 0 Å². The predicted octanol–water partition coefficient (Wildman–Crippen LogP) is 2.08. The first kappa shape index (κ1) is 14.4. The smallest absolute Gasteiger partial charge is 0.248 e. The molecule has 2 amide bonds. The van der Waals surface area contributed by atoms with E-state index in [1.807, 2.05) is 18.7 Å². The van der Waals surface area contributed by atoms with Crippen molar-refractivity contribution in [3.63, 3.8) is 0 Å². The van der Waals surface area contributed by atoms with Gasteiger partial charge in [-0.3, -0.25) is 9.59 Å². The molecule has 1 heterocycles. The van der Waals surface area contributed by atoms with E-state index in [-0.39, 0.29) is 29.8 Å². The topological polar surface area (TPSA) is 49.4 Å². The number of rotatable bonds is 2. The van der Waals surface area contributed by atoms with Crippen LogP contribution in [-0.4, -0.2) is 34.3 Å². The summed E-state index contributed by atoms with van der Waals surface area (Å²) >= 11 is 0. The molecule has 0 radical (unpaired) electrons. The summed E-state index contributed by atoms with van der Waals surface area (Å²) < 4.78 is 0. The largest absolute Gasteiger partial charge is 0.340 e. The molecule has 0 aromatic rings. The quantitative estimate of drug-likeness (QED) is 0.832. The normalized spacial score (nSPS) is 28.7. The number of hydrogen-bond donors (Lipinski definition) is 1. The minimum absolute atomic E-state index is 0.00479. The molecule has 1 unspecified atom stereocenters. The van der Waals surface area contributed by atoms with Gasteiger partial charge in [0.25, 0.3) is 0 Å². The van der Waals surface area contributed by atoms with Crippen molar-refractivity contribution < 1.29 is 9.59 Å². The van der Waals surface area contributed by atoms with Crippen LogP contribution in [0.25, 0.3) is 0 Å². The van der Waals surface area contributed by atoms with Gasteiger partial charge in [-0.25, -0.2) is 0 Å². The van der Waals surface area contributed by atoms with E-state index in [9.17, 15) is 9.59 Å². The Hall–Kier alpha value is -1.06. The van der Waals surface area contributed by atoms with Crippen LogP contribution in [0, 0.1) is 5.92 Å². The Morgan fingerprint density at radius 2 is 1.74 bits per heavy atom. The molecule has 4 nitrogen and oxygen atoms in total. The summed E-state index contributed by atoms with van der Waals surface area (Å²) in [7, 11) is 0. The van der Waals surface area contributed by atoms with E-state index in [1.54, 1.807) is 13.8 Å². The Morgan fingerprint density at radius 3 is 2.26 bits per heavy atom. The second-order valence-corrected chi connectivity index (χ2v) is 6.81. The van der Waals surface area contributed by atoms with Crippen LogP contribution in [0.5, 0.6) is 0 Å². The van der Waals surface area contributed by atoms with E-state index in [1.165, 1.54) is 19.3 Å². The zero-order chi connectivity index (χ0) is 14.2. The predicted molar refractivity (Wildman–Crippen MR) is 74.6 cm³/mol. The molecule has 2 aliphatic rings. The Bertz CT molecular complexity index is 370. The van der Waals surface area contributed by atoms with Crippen LogP contribution in [-0.2, 0) is 9.59 Å². The average molecular weight is 266 g/mol. The molecule has 2 fully saturated rings. The average Bonchev–Trinajstić information content (AvgIpc) is 2.33. The second kappa shape index (κ2) is 5.14. The third-order valence-corrected chi connectivity index (χ3v) is 4.37. The first-order valence-corrected chi connectivity index (χ1v) is 7.49. The molecule has 1 aliphatic carbocycles. The fourth-order valence-corrected chi connectivity index (χ4v) is 3.39. The van der Waals surface area contributed by atoms with Crippen LogP contribution in [0.15, 0.2) is 0 Å². The minimum Gasteiger partial charge on any atom is -0.340 e. The van der Waals surface area contributed by atoms with Crippen LogP contribution in [0.4, 0.5) is 0 Å². The maximum absolute atomic E-state index is 12.7. The first-order valence-electron chi connectivity index (χ1n) is 7.49. The van der Waals surface area contributed by atoms with E-state index in [4.69, 9.17) is 0 Å². The summed E-state index contributed by atoms with van der Waals surface area (Å²) in [6.07, 6.45) is 5.67. The van der Waals surface area contributed by atoms with E-state index in [0.717, 1.165) is 12.8 Å². The summed E-state index contributed by atoms with van der Waals surface area (Å²) in [5, 5.41) is 2.88. The molecule has 2 rings (SSSR count). The Kier molecular flexibility index (Phi) is 3.88. The molecule has 108 valence electrons. The third kappa shape index (κ3) is 2.63. The molecule has 1 saturated heterocycles. The summed E-state index contributed by atoms with van der Waals surface area (Å²) in [5.41, 5.74) is -0.764. The molecule has 1 aliphatic heterocycles. The standard InChI is InChI=1S/C15H26N2O2/c1-10(2)12-13(18)16-15(3,4)14(19)17(12)11-8-6-5-7-9-11/h10-12H,5-9H2,1-4H3,(H,16,18). The highest BCUT2D eigenvalue weighted by molar-refractivity contribution is 5.99. The van der Waals surface area contributed by atoms with Gasteiger partial charge in [-0.05, 0) is 32.6 Å². The van der Waals surface area contributed by atoms with Crippen LogP contribution in [0.2, 0.25) is 0 Å². The van der Waals surface area contributed by atoms with Crippen molar-refractivity contribution in [2.75, 3.05) is 0 Å². The van der Waals surface area contributed by atoms with E-state index < -0.39 is 5.54 Å². The molecular formula is C15H26N2O2. The maximum Gasteiger partial charge on any atom is 0.248 e. The highest BCUT2D eigenvalue weighted by Crippen LogP contribution is 2.31. The number of carbonyl (C=O) groups excluding carboxylic acids is 2. The summed E-state index contributed by atoms with van der Waals surface area (Å²) in [5.74, 6) is 0.241. The van der Waals surface area contributed by atoms with Gasteiger partial charge in [0.15, 0.2) is 0 Å². The van der Waals surface area contributed by atoms with Crippen molar-refractivity contribution in [1.82, 2.24) is 10.2 Å². The monoisotopic (exact) mass is 266 g/mol. The fraction of sp³-hybridized carbons (Fsp3) is 0.867. The van der Waals surface area contributed by atoms with E-state index >= 15 is 0 Å². The van der Waals surface area contributed by atoms with Gasteiger partial charge in [-0.2, -0.15) is 0 Å². The summed E-state index contributed by atoms with van der Waals surface area (Å²) in [6.45, 7) is 7.65. The van der Waals surface area contributed by atoms with Gasteiger partial charge in [-0.15, -0.1) is 0 Å². The Balaban J connectivity index is 2.31. The Labute approximate surface area is 115 Å². The van der Waals surface area contributed by atoms with Gasteiger partial charge in [-0.1, -0.05) is 33.1 Å². The maximum atomic E-state index is 12.7. The number of amides is 2.